The van der Waals surface area contributed by atoms with E-state index >= 15 is 0 Å². The van der Waals surface area contributed by atoms with E-state index in [1.807, 2.05) is 0 Å². The number of nitrogens with two attached hydrogens (primary N) is 1. The summed E-state index contributed by atoms with van der Waals surface area (Å²) < 4.78 is 4.01. The van der Waals surface area contributed by atoms with Crippen molar-refractivity contribution in [3.05, 3.63) is 5.56 Å². The number of rotatable bonds is 2. The topological polar surface area (TPSA) is 74.7 Å². The van der Waals surface area contributed by atoms with Gasteiger partial charge in [-0.1, -0.05) is 13.8 Å². The van der Waals surface area contributed by atoms with Crippen LogP contribution in [0.4, 0.5) is 10.8 Å². The Kier molecular flexibility index (Phi) is 3.01. The van der Waals surface area contributed by atoms with Gasteiger partial charge in [0.25, 0.3) is 0 Å². The van der Waals surface area contributed by atoms with Gasteiger partial charge in [-0.15, -0.1) is 0 Å². The Morgan fingerprint density at radius 3 is 2.81 bits per heavy atom. The van der Waals surface area contributed by atoms with Crippen molar-refractivity contribution < 1.29 is 0 Å². The molecule has 4 nitrogen and oxygen atoms in total. The zero-order chi connectivity index (χ0) is 11.7. The summed E-state index contributed by atoms with van der Waals surface area (Å²) in [4.78, 5) is 0. The second kappa shape index (κ2) is 4.30. The van der Waals surface area contributed by atoms with Crippen LogP contribution in [0.2, 0.25) is 0 Å². The molecule has 1 heterocycles. The Hall–Kier alpha value is -1.28. The van der Waals surface area contributed by atoms with Crippen LogP contribution in [0, 0.1) is 23.2 Å². The number of nitrogen functional groups attached to an aromatic ring is 1. The first-order valence-corrected chi connectivity index (χ1v) is 6.32. The fraction of sp³-hybridized carbons (Fsp3) is 0.636. The Labute approximate surface area is 99.6 Å². The van der Waals surface area contributed by atoms with Crippen molar-refractivity contribution >= 4 is 22.4 Å². The van der Waals surface area contributed by atoms with Crippen molar-refractivity contribution in [3.63, 3.8) is 0 Å². The number of hydrogen-bond donors (Lipinski definition) is 2. The van der Waals surface area contributed by atoms with Crippen LogP contribution in [-0.4, -0.2) is 10.4 Å². The van der Waals surface area contributed by atoms with Gasteiger partial charge in [0.15, 0.2) is 5.82 Å². The van der Waals surface area contributed by atoms with Crippen LogP contribution in [0.15, 0.2) is 0 Å². The summed E-state index contributed by atoms with van der Waals surface area (Å²) in [7, 11) is 0. The van der Waals surface area contributed by atoms with Crippen LogP contribution in [-0.2, 0) is 0 Å². The van der Waals surface area contributed by atoms with E-state index in [1.165, 1.54) is 18.0 Å². The molecule has 0 spiro atoms. The van der Waals surface area contributed by atoms with E-state index in [0.717, 1.165) is 17.3 Å². The molecule has 3 unspecified atom stereocenters. The van der Waals surface area contributed by atoms with E-state index in [1.54, 1.807) is 0 Å². The molecule has 1 aromatic heterocycles. The van der Waals surface area contributed by atoms with Crippen LogP contribution >= 0.6 is 11.5 Å². The third-order valence-electron chi connectivity index (χ3n) is 3.61. The quantitative estimate of drug-likeness (QED) is 0.827. The van der Waals surface area contributed by atoms with E-state index in [9.17, 15) is 0 Å². The Balaban J connectivity index is 2.13. The molecule has 16 heavy (non-hydrogen) atoms. The SMILES string of the molecule is CC1CCC(Nc2snc(N)c2C#N)C1C. The molecule has 1 aliphatic carbocycles. The molecule has 3 atom stereocenters. The summed E-state index contributed by atoms with van der Waals surface area (Å²) in [5.41, 5.74) is 6.12. The second-order valence-corrected chi connectivity index (χ2v) is 5.32. The van der Waals surface area contributed by atoms with E-state index in [2.05, 4.69) is 29.6 Å². The summed E-state index contributed by atoms with van der Waals surface area (Å²) in [5, 5.41) is 13.2. The van der Waals surface area contributed by atoms with Crippen molar-refractivity contribution in [3.8, 4) is 6.07 Å². The molecule has 1 aromatic rings. The van der Waals surface area contributed by atoms with Crippen LogP contribution < -0.4 is 11.1 Å². The highest BCUT2D eigenvalue weighted by atomic mass is 32.1. The van der Waals surface area contributed by atoms with E-state index in [-0.39, 0.29) is 0 Å². The minimum atomic E-state index is 0.341. The molecular weight excluding hydrogens is 220 g/mol. The summed E-state index contributed by atoms with van der Waals surface area (Å²) in [6.07, 6.45) is 2.40. The predicted molar refractivity (Wildman–Crippen MR) is 66.2 cm³/mol. The monoisotopic (exact) mass is 236 g/mol. The number of aromatic nitrogens is 1. The lowest BCUT2D eigenvalue weighted by molar-refractivity contribution is 0.436. The highest BCUT2D eigenvalue weighted by Gasteiger charge is 2.30. The van der Waals surface area contributed by atoms with Crippen molar-refractivity contribution in [2.45, 2.75) is 32.7 Å². The van der Waals surface area contributed by atoms with Crippen LogP contribution in [0.5, 0.6) is 0 Å². The maximum absolute atomic E-state index is 8.98. The molecule has 0 aliphatic heterocycles. The van der Waals surface area contributed by atoms with Gasteiger partial charge >= 0.3 is 0 Å². The molecular formula is C11H16N4S. The second-order valence-electron chi connectivity index (χ2n) is 4.55. The highest BCUT2D eigenvalue weighted by molar-refractivity contribution is 7.10. The Morgan fingerprint density at radius 1 is 1.50 bits per heavy atom. The van der Waals surface area contributed by atoms with E-state index in [4.69, 9.17) is 11.0 Å². The lowest BCUT2D eigenvalue weighted by Crippen LogP contribution is -2.23. The van der Waals surface area contributed by atoms with Crippen LogP contribution in [0.3, 0.4) is 0 Å². The molecule has 86 valence electrons. The number of nitriles is 1. The van der Waals surface area contributed by atoms with Crippen molar-refractivity contribution in [2.75, 3.05) is 11.1 Å². The maximum Gasteiger partial charge on any atom is 0.157 e. The molecule has 3 N–H and O–H groups in total. The van der Waals surface area contributed by atoms with Gasteiger partial charge in [0.05, 0.1) is 0 Å². The maximum atomic E-state index is 8.98. The summed E-state index contributed by atoms with van der Waals surface area (Å²) in [5.74, 6) is 1.72. The number of hydrogen-bond acceptors (Lipinski definition) is 5. The number of nitrogens with zero attached hydrogens (tertiary/aromatic N) is 2. The third kappa shape index (κ3) is 1.85. The van der Waals surface area contributed by atoms with Gasteiger partial charge in [0, 0.05) is 6.04 Å². The van der Waals surface area contributed by atoms with Gasteiger partial charge in [0.2, 0.25) is 0 Å². The first kappa shape index (κ1) is 11.2. The molecule has 1 aliphatic rings. The van der Waals surface area contributed by atoms with Gasteiger partial charge in [-0.25, -0.2) is 0 Å². The smallest absolute Gasteiger partial charge is 0.157 e. The predicted octanol–water partition coefficient (Wildman–Crippen LogP) is 2.44. The average Bonchev–Trinajstić information content (AvgIpc) is 2.76. The minimum Gasteiger partial charge on any atom is -0.382 e. The zero-order valence-electron chi connectivity index (χ0n) is 9.53. The molecule has 0 bridgehead atoms. The molecule has 1 saturated carbocycles. The summed E-state index contributed by atoms with van der Waals surface area (Å²) in [6.45, 7) is 4.53. The molecule has 1 fully saturated rings. The van der Waals surface area contributed by atoms with Gasteiger partial charge in [0.1, 0.15) is 16.6 Å². The van der Waals surface area contributed by atoms with Crippen LogP contribution in [0.25, 0.3) is 0 Å². The minimum absolute atomic E-state index is 0.341. The summed E-state index contributed by atoms with van der Waals surface area (Å²) >= 11 is 1.28. The van der Waals surface area contributed by atoms with Gasteiger partial charge in [-0.3, -0.25) is 0 Å². The molecule has 2 rings (SSSR count). The molecule has 5 heteroatoms. The number of nitrogens with one attached hydrogen (secondary N) is 1. The van der Waals surface area contributed by atoms with Crippen molar-refractivity contribution in [1.29, 1.82) is 5.26 Å². The van der Waals surface area contributed by atoms with Gasteiger partial charge < -0.3 is 11.1 Å². The first-order chi connectivity index (χ1) is 7.63. The molecule has 0 aromatic carbocycles. The largest absolute Gasteiger partial charge is 0.382 e. The standard InChI is InChI=1S/C11H16N4S/c1-6-3-4-9(7(6)2)14-11-8(5-12)10(13)15-16-11/h6-7,9,14H,3-4H2,1-2H3,(H2,13,15). The lowest BCUT2D eigenvalue weighted by atomic mass is 9.98. The fourth-order valence-corrected chi connectivity index (χ4v) is 2.97. The van der Waals surface area contributed by atoms with E-state index in [0.29, 0.717) is 23.3 Å². The third-order valence-corrected chi connectivity index (χ3v) is 4.40. The lowest BCUT2D eigenvalue weighted by Gasteiger charge is -2.19. The van der Waals surface area contributed by atoms with Crippen molar-refractivity contribution in [2.24, 2.45) is 11.8 Å². The van der Waals surface area contributed by atoms with E-state index < -0.39 is 0 Å². The first-order valence-electron chi connectivity index (χ1n) is 5.55. The Bertz CT molecular complexity index is 420. The fourth-order valence-electron chi connectivity index (χ4n) is 2.25. The molecule has 0 amide bonds. The van der Waals surface area contributed by atoms with Gasteiger partial charge in [-0.2, -0.15) is 9.64 Å². The molecule has 0 saturated heterocycles. The average molecular weight is 236 g/mol. The Morgan fingerprint density at radius 2 is 2.25 bits per heavy atom. The normalized spacial score (nSPS) is 28.9. The number of anilines is 2. The molecule has 0 radical (unpaired) electrons. The van der Waals surface area contributed by atoms with Crippen molar-refractivity contribution in [1.82, 2.24) is 4.37 Å². The zero-order valence-corrected chi connectivity index (χ0v) is 10.3. The van der Waals surface area contributed by atoms with Gasteiger partial charge in [-0.05, 0) is 36.2 Å². The van der Waals surface area contributed by atoms with Crippen LogP contribution in [0.1, 0.15) is 32.3 Å². The summed E-state index contributed by atoms with van der Waals surface area (Å²) in [6, 6.07) is 2.55. The highest BCUT2D eigenvalue weighted by Crippen LogP contribution is 2.35.